The van der Waals surface area contributed by atoms with Crippen molar-refractivity contribution in [2.24, 2.45) is 0 Å². The number of carbonyl (C=O) groups is 1. The van der Waals surface area contributed by atoms with Crippen LogP contribution in [-0.4, -0.2) is 37.0 Å². The third kappa shape index (κ3) is 2.89. The summed E-state index contributed by atoms with van der Waals surface area (Å²) in [6, 6.07) is 6.13. The molecule has 2 rings (SSSR count). The maximum Gasteiger partial charge on any atom is 0.227 e. The average molecular weight is 283 g/mol. The summed E-state index contributed by atoms with van der Waals surface area (Å²) in [5.41, 5.74) is 0.386. The fourth-order valence-corrected chi connectivity index (χ4v) is 4.05. The summed E-state index contributed by atoms with van der Waals surface area (Å²) in [4.78, 5) is 13.5. The number of phenolic OH excluding ortho intramolecular Hbond substituents is 1. The summed E-state index contributed by atoms with van der Waals surface area (Å²) in [5, 5.41) is 9.87. The van der Waals surface area contributed by atoms with Crippen LogP contribution in [0.2, 0.25) is 0 Å². The second-order valence-corrected chi connectivity index (χ2v) is 6.89. The standard InChI is InChI=1S/C13H17NO4S/c1-2-13(16)14(10-7-8-19(17,18)9-10)11-5-3-4-6-12(11)15/h3-6,10,15H,2,7-9H2,1H3. The highest BCUT2D eigenvalue weighted by atomic mass is 32.2. The fraction of sp³-hybridized carbons (Fsp3) is 0.462. The molecule has 1 aliphatic heterocycles. The lowest BCUT2D eigenvalue weighted by Gasteiger charge is -2.28. The topological polar surface area (TPSA) is 74.7 Å². The highest BCUT2D eigenvalue weighted by Gasteiger charge is 2.35. The summed E-state index contributed by atoms with van der Waals surface area (Å²) in [5.74, 6) is -0.122. The van der Waals surface area contributed by atoms with E-state index in [1.807, 2.05) is 0 Å². The van der Waals surface area contributed by atoms with Crippen LogP contribution in [0, 0.1) is 0 Å². The van der Waals surface area contributed by atoms with Gasteiger partial charge in [-0.15, -0.1) is 0 Å². The Hall–Kier alpha value is -1.56. The first-order chi connectivity index (χ1) is 8.94. The van der Waals surface area contributed by atoms with Crippen molar-refractivity contribution in [2.75, 3.05) is 16.4 Å². The molecular formula is C13H17NO4S. The number of amides is 1. The Balaban J connectivity index is 2.38. The van der Waals surface area contributed by atoms with E-state index in [-0.39, 0.29) is 35.6 Å². The molecule has 0 spiro atoms. The van der Waals surface area contributed by atoms with Crippen molar-refractivity contribution >= 4 is 21.4 Å². The highest BCUT2D eigenvalue weighted by Crippen LogP contribution is 2.31. The first-order valence-electron chi connectivity index (χ1n) is 6.25. The Morgan fingerprint density at radius 1 is 1.42 bits per heavy atom. The maximum atomic E-state index is 12.1. The minimum Gasteiger partial charge on any atom is -0.506 e. The van der Waals surface area contributed by atoms with Gasteiger partial charge in [0.2, 0.25) is 5.91 Å². The number of benzene rings is 1. The van der Waals surface area contributed by atoms with Gasteiger partial charge < -0.3 is 10.0 Å². The quantitative estimate of drug-likeness (QED) is 0.908. The smallest absolute Gasteiger partial charge is 0.227 e. The van der Waals surface area contributed by atoms with Crippen molar-refractivity contribution in [3.05, 3.63) is 24.3 Å². The first kappa shape index (κ1) is 13.9. The zero-order valence-electron chi connectivity index (χ0n) is 10.7. The predicted molar refractivity (Wildman–Crippen MR) is 72.9 cm³/mol. The normalized spacial score (nSPS) is 21.2. The monoisotopic (exact) mass is 283 g/mol. The van der Waals surface area contributed by atoms with Crippen LogP contribution < -0.4 is 4.90 Å². The van der Waals surface area contributed by atoms with Crippen LogP contribution in [0.3, 0.4) is 0 Å². The van der Waals surface area contributed by atoms with Gasteiger partial charge in [-0.1, -0.05) is 19.1 Å². The second-order valence-electron chi connectivity index (χ2n) is 4.66. The number of phenols is 1. The van der Waals surface area contributed by atoms with Crippen molar-refractivity contribution in [2.45, 2.75) is 25.8 Å². The number of hydrogen-bond acceptors (Lipinski definition) is 4. The van der Waals surface area contributed by atoms with Crippen LogP contribution in [0.1, 0.15) is 19.8 Å². The molecule has 0 bridgehead atoms. The Bertz CT molecular complexity index is 582. The lowest BCUT2D eigenvalue weighted by molar-refractivity contribution is -0.118. The van der Waals surface area contributed by atoms with Crippen LogP contribution in [0.15, 0.2) is 24.3 Å². The molecule has 0 radical (unpaired) electrons. The van der Waals surface area contributed by atoms with E-state index in [0.29, 0.717) is 12.1 Å². The molecule has 6 heteroatoms. The van der Waals surface area contributed by atoms with Crippen molar-refractivity contribution in [1.82, 2.24) is 0 Å². The molecule has 1 heterocycles. The average Bonchev–Trinajstić information content (AvgIpc) is 2.72. The molecule has 104 valence electrons. The summed E-state index contributed by atoms with van der Waals surface area (Å²) < 4.78 is 23.1. The zero-order valence-corrected chi connectivity index (χ0v) is 11.6. The highest BCUT2D eigenvalue weighted by molar-refractivity contribution is 7.91. The molecule has 1 aromatic rings. The van der Waals surface area contributed by atoms with Crippen LogP contribution in [0.5, 0.6) is 5.75 Å². The van der Waals surface area contributed by atoms with Gasteiger partial charge in [0.25, 0.3) is 0 Å². The fourth-order valence-electron chi connectivity index (χ4n) is 2.35. The van der Waals surface area contributed by atoms with Gasteiger partial charge in [-0.25, -0.2) is 8.42 Å². The zero-order chi connectivity index (χ0) is 14.0. The molecule has 1 amide bonds. The van der Waals surface area contributed by atoms with Gasteiger partial charge in [0, 0.05) is 6.42 Å². The molecule has 1 N–H and O–H groups in total. The SMILES string of the molecule is CCC(=O)N(c1ccccc1O)C1CCS(=O)(=O)C1. The predicted octanol–water partition coefficient (Wildman–Crippen LogP) is 1.32. The number of anilines is 1. The number of hydrogen-bond donors (Lipinski definition) is 1. The number of nitrogens with zero attached hydrogens (tertiary/aromatic N) is 1. The molecule has 1 atom stereocenters. The molecule has 0 saturated carbocycles. The Morgan fingerprint density at radius 2 is 2.11 bits per heavy atom. The third-order valence-electron chi connectivity index (χ3n) is 3.29. The molecule has 1 unspecified atom stereocenters. The molecule has 1 fully saturated rings. The molecule has 1 aromatic carbocycles. The Kier molecular flexibility index (Phi) is 3.80. The second kappa shape index (κ2) is 5.21. The molecule has 1 saturated heterocycles. The minimum absolute atomic E-state index is 0.00593. The summed E-state index contributed by atoms with van der Waals surface area (Å²) in [7, 11) is -3.08. The van der Waals surface area contributed by atoms with Crippen molar-refractivity contribution in [3.8, 4) is 5.75 Å². The number of aromatic hydroxyl groups is 1. The van der Waals surface area contributed by atoms with Crippen LogP contribution in [-0.2, 0) is 14.6 Å². The molecular weight excluding hydrogens is 266 g/mol. The van der Waals surface area contributed by atoms with E-state index in [9.17, 15) is 18.3 Å². The van der Waals surface area contributed by atoms with E-state index >= 15 is 0 Å². The number of carbonyl (C=O) groups excluding carboxylic acids is 1. The van der Waals surface area contributed by atoms with Gasteiger partial charge in [0.15, 0.2) is 9.84 Å². The Labute approximate surface area is 112 Å². The number of para-hydroxylation sites is 2. The van der Waals surface area contributed by atoms with Crippen molar-refractivity contribution < 1.29 is 18.3 Å². The maximum absolute atomic E-state index is 12.1. The van der Waals surface area contributed by atoms with E-state index in [1.54, 1.807) is 25.1 Å². The van der Waals surface area contributed by atoms with Crippen LogP contribution >= 0.6 is 0 Å². The number of sulfone groups is 1. The van der Waals surface area contributed by atoms with Crippen LogP contribution in [0.25, 0.3) is 0 Å². The van der Waals surface area contributed by atoms with Gasteiger partial charge in [-0.3, -0.25) is 4.79 Å². The largest absolute Gasteiger partial charge is 0.506 e. The molecule has 0 aromatic heterocycles. The molecule has 1 aliphatic rings. The van der Waals surface area contributed by atoms with E-state index in [4.69, 9.17) is 0 Å². The molecule has 0 aliphatic carbocycles. The van der Waals surface area contributed by atoms with Gasteiger partial charge in [-0.2, -0.15) is 0 Å². The van der Waals surface area contributed by atoms with E-state index in [1.165, 1.54) is 11.0 Å². The first-order valence-corrected chi connectivity index (χ1v) is 8.07. The van der Waals surface area contributed by atoms with Gasteiger partial charge in [-0.05, 0) is 18.6 Å². The van der Waals surface area contributed by atoms with E-state index in [0.717, 1.165) is 0 Å². The summed E-state index contributed by atoms with van der Waals surface area (Å²) in [6.07, 6.45) is 0.688. The van der Waals surface area contributed by atoms with Crippen molar-refractivity contribution in [3.63, 3.8) is 0 Å². The van der Waals surface area contributed by atoms with E-state index in [2.05, 4.69) is 0 Å². The van der Waals surface area contributed by atoms with Crippen molar-refractivity contribution in [1.29, 1.82) is 0 Å². The lowest BCUT2D eigenvalue weighted by Crippen LogP contribution is -2.41. The Morgan fingerprint density at radius 3 is 2.63 bits per heavy atom. The summed E-state index contributed by atoms with van der Waals surface area (Å²) >= 11 is 0. The van der Waals surface area contributed by atoms with Gasteiger partial charge in [0.1, 0.15) is 5.75 Å². The van der Waals surface area contributed by atoms with E-state index < -0.39 is 9.84 Å². The van der Waals surface area contributed by atoms with Crippen LogP contribution in [0.4, 0.5) is 5.69 Å². The van der Waals surface area contributed by atoms with Gasteiger partial charge in [0.05, 0.1) is 23.2 Å². The molecule has 19 heavy (non-hydrogen) atoms. The van der Waals surface area contributed by atoms with Gasteiger partial charge >= 0.3 is 0 Å². The summed E-state index contributed by atoms with van der Waals surface area (Å²) in [6.45, 7) is 1.72. The lowest BCUT2D eigenvalue weighted by atomic mass is 10.1. The number of rotatable bonds is 3. The minimum atomic E-state index is -3.08. The third-order valence-corrected chi connectivity index (χ3v) is 5.04. The molecule has 5 nitrogen and oxygen atoms in total.